The highest BCUT2D eigenvalue weighted by molar-refractivity contribution is 5.42. The first-order valence-corrected chi connectivity index (χ1v) is 8.42. The molecule has 1 saturated carbocycles. The molecule has 2 N–H and O–H groups in total. The smallest absolute Gasteiger partial charge is 0.123 e. The molecule has 4 heteroatoms. The highest BCUT2D eigenvalue weighted by Gasteiger charge is 2.28. The number of hydrogen-bond acceptors (Lipinski definition) is 4. The van der Waals surface area contributed by atoms with Gasteiger partial charge in [0.05, 0.1) is 20.3 Å². The third-order valence-corrected chi connectivity index (χ3v) is 4.83. The Bertz CT molecular complexity index is 458. The zero-order valence-corrected chi connectivity index (χ0v) is 14.2. The molecule has 0 aliphatic heterocycles. The first-order valence-electron chi connectivity index (χ1n) is 8.42. The standard InChI is InChI=1S/C18H30N2O2/c1-4-20(14-8-6-5-7-9-14)17(13-19)16-12-15(21-2)10-11-18(16)22-3/h10-12,14,17H,4-9,13,19H2,1-3H3. The fourth-order valence-corrected chi connectivity index (χ4v) is 3.69. The predicted molar refractivity (Wildman–Crippen MR) is 90.6 cm³/mol. The van der Waals surface area contributed by atoms with E-state index in [1.54, 1.807) is 14.2 Å². The van der Waals surface area contributed by atoms with Gasteiger partial charge in [-0.15, -0.1) is 0 Å². The second-order valence-corrected chi connectivity index (χ2v) is 5.98. The van der Waals surface area contributed by atoms with Crippen LogP contribution in [0.1, 0.15) is 50.6 Å². The molecule has 0 heterocycles. The van der Waals surface area contributed by atoms with E-state index in [2.05, 4.69) is 17.9 Å². The van der Waals surface area contributed by atoms with Gasteiger partial charge in [0.1, 0.15) is 11.5 Å². The molecule has 1 fully saturated rings. The molecule has 1 aliphatic rings. The van der Waals surface area contributed by atoms with Crippen molar-refractivity contribution in [2.24, 2.45) is 5.73 Å². The maximum atomic E-state index is 6.17. The minimum atomic E-state index is 0.179. The van der Waals surface area contributed by atoms with Gasteiger partial charge in [-0.25, -0.2) is 0 Å². The van der Waals surface area contributed by atoms with Gasteiger partial charge >= 0.3 is 0 Å². The van der Waals surface area contributed by atoms with Crippen LogP contribution >= 0.6 is 0 Å². The maximum absolute atomic E-state index is 6.17. The Morgan fingerprint density at radius 3 is 2.45 bits per heavy atom. The van der Waals surface area contributed by atoms with E-state index < -0.39 is 0 Å². The van der Waals surface area contributed by atoms with Crippen molar-refractivity contribution in [2.75, 3.05) is 27.3 Å². The molecule has 0 amide bonds. The minimum Gasteiger partial charge on any atom is -0.497 e. The first kappa shape index (κ1) is 17.1. The Morgan fingerprint density at radius 1 is 1.18 bits per heavy atom. The maximum Gasteiger partial charge on any atom is 0.123 e. The minimum absolute atomic E-state index is 0.179. The van der Waals surface area contributed by atoms with Crippen LogP contribution in [0.25, 0.3) is 0 Å². The summed E-state index contributed by atoms with van der Waals surface area (Å²) < 4.78 is 11.0. The van der Waals surface area contributed by atoms with Crippen molar-refractivity contribution >= 4 is 0 Å². The van der Waals surface area contributed by atoms with Gasteiger partial charge in [0.15, 0.2) is 0 Å². The van der Waals surface area contributed by atoms with E-state index in [9.17, 15) is 0 Å². The van der Waals surface area contributed by atoms with Gasteiger partial charge in [-0.05, 0) is 37.6 Å². The van der Waals surface area contributed by atoms with Gasteiger partial charge in [-0.3, -0.25) is 4.90 Å². The van der Waals surface area contributed by atoms with Crippen LogP contribution in [0.4, 0.5) is 0 Å². The monoisotopic (exact) mass is 306 g/mol. The van der Waals surface area contributed by atoms with E-state index in [0.717, 1.165) is 23.6 Å². The summed E-state index contributed by atoms with van der Waals surface area (Å²) in [6.07, 6.45) is 6.57. The predicted octanol–water partition coefficient (Wildman–Crippen LogP) is 3.36. The van der Waals surface area contributed by atoms with Crippen molar-refractivity contribution in [1.82, 2.24) is 4.90 Å². The second kappa shape index (κ2) is 8.39. The van der Waals surface area contributed by atoms with Crippen molar-refractivity contribution in [3.8, 4) is 11.5 Å². The SMILES string of the molecule is CCN(C1CCCCC1)C(CN)c1cc(OC)ccc1OC. The van der Waals surface area contributed by atoms with Crippen LogP contribution in [0.15, 0.2) is 18.2 Å². The molecule has 1 aromatic rings. The number of benzene rings is 1. The summed E-state index contributed by atoms with van der Waals surface area (Å²) in [5.41, 5.74) is 7.30. The van der Waals surface area contributed by atoms with Crippen LogP contribution in [0.2, 0.25) is 0 Å². The Hall–Kier alpha value is -1.26. The number of methoxy groups -OCH3 is 2. The molecule has 1 aromatic carbocycles. The van der Waals surface area contributed by atoms with E-state index in [4.69, 9.17) is 15.2 Å². The molecule has 0 spiro atoms. The quantitative estimate of drug-likeness (QED) is 0.839. The van der Waals surface area contributed by atoms with Gasteiger partial charge in [-0.1, -0.05) is 26.2 Å². The van der Waals surface area contributed by atoms with Gasteiger partial charge in [0, 0.05) is 18.2 Å². The Balaban J connectivity index is 2.31. The lowest BCUT2D eigenvalue weighted by Crippen LogP contribution is -2.42. The van der Waals surface area contributed by atoms with Crippen LogP contribution in [0.5, 0.6) is 11.5 Å². The van der Waals surface area contributed by atoms with Crippen molar-refractivity contribution in [3.63, 3.8) is 0 Å². The summed E-state index contributed by atoms with van der Waals surface area (Å²) in [6, 6.07) is 6.79. The molecule has 1 unspecified atom stereocenters. The molecule has 1 aliphatic carbocycles. The van der Waals surface area contributed by atoms with Gasteiger partial charge in [0.25, 0.3) is 0 Å². The summed E-state index contributed by atoms with van der Waals surface area (Å²) in [6.45, 7) is 3.82. The van der Waals surface area contributed by atoms with Crippen LogP contribution in [0.3, 0.4) is 0 Å². The molecule has 0 bridgehead atoms. The van der Waals surface area contributed by atoms with Crippen molar-refractivity contribution in [2.45, 2.75) is 51.1 Å². The molecule has 0 radical (unpaired) electrons. The second-order valence-electron chi connectivity index (χ2n) is 5.98. The fourth-order valence-electron chi connectivity index (χ4n) is 3.69. The first-order chi connectivity index (χ1) is 10.7. The van der Waals surface area contributed by atoms with Crippen LogP contribution < -0.4 is 15.2 Å². The molecular formula is C18H30N2O2. The highest BCUT2D eigenvalue weighted by Crippen LogP contribution is 2.35. The molecular weight excluding hydrogens is 276 g/mol. The number of hydrogen-bond donors (Lipinski definition) is 1. The molecule has 22 heavy (non-hydrogen) atoms. The largest absolute Gasteiger partial charge is 0.497 e. The van der Waals surface area contributed by atoms with E-state index in [-0.39, 0.29) is 6.04 Å². The fraction of sp³-hybridized carbons (Fsp3) is 0.667. The Kier molecular flexibility index (Phi) is 6.52. The average molecular weight is 306 g/mol. The Labute approximate surface area is 134 Å². The third kappa shape index (κ3) is 3.73. The molecule has 124 valence electrons. The summed E-state index contributed by atoms with van der Waals surface area (Å²) in [5.74, 6) is 1.75. The lowest BCUT2D eigenvalue weighted by Gasteiger charge is -2.39. The summed E-state index contributed by atoms with van der Waals surface area (Å²) in [5, 5.41) is 0. The van der Waals surface area contributed by atoms with Crippen LogP contribution in [-0.4, -0.2) is 38.3 Å². The zero-order chi connectivity index (χ0) is 15.9. The highest BCUT2D eigenvalue weighted by atomic mass is 16.5. The normalized spacial score (nSPS) is 17.5. The molecule has 4 nitrogen and oxygen atoms in total. The van der Waals surface area contributed by atoms with Gasteiger partial charge < -0.3 is 15.2 Å². The van der Waals surface area contributed by atoms with Crippen LogP contribution in [-0.2, 0) is 0 Å². The molecule has 1 atom stereocenters. The number of rotatable bonds is 7. The number of ether oxygens (including phenoxy) is 2. The zero-order valence-electron chi connectivity index (χ0n) is 14.2. The van der Waals surface area contributed by atoms with Crippen LogP contribution in [0, 0.1) is 0 Å². The van der Waals surface area contributed by atoms with Crippen molar-refractivity contribution in [1.29, 1.82) is 0 Å². The molecule has 0 aromatic heterocycles. The lowest BCUT2D eigenvalue weighted by molar-refractivity contribution is 0.112. The van der Waals surface area contributed by atoms with Crippen molar-refractivity contribution in [3.05, 3.63) is 23.8 Å². The van der Waals surface area contributed by atoms with Gasteiger partial charge in [-0.2, -0.15) is 0 Å². The number of likely N-dealkylation sites (N-methyl/N-ethyl adjacent to an activating group) is 1. The Morgan fingerprint density at radius 2 is 1.91 bits per heavy atom. The van der Waals surface area contributed by atoms with E-state index in [1.165, 1.54) is 32.1 Å². The summed E-state index contributed by atoms with van der Waals surface area (Å²) in [7, 11) is 3.41. The average Bonchev–Trinajstić information content (AvgIpc) is 2.59. The molecule has 2 rings (SSSR count). The van der Waals surface area contributed by atoms with E-state index in [0.29, 0.717) is 12.6 Å². The molecule has 0 saturated heterocycles. The number of nitrogens with two attached hydrogens (primary N) is 1. The summed E-state index contributed by atoms with van der Waals surface area (Å²) >= 11 is 0. The summed E-state index contributed by atoms with van der Waals surface area (Å²) in [4.78, 5) is 2.55. The van der Waals surface area contributed by atoms with Gasteiger partial charge in [0.2, 0.25) is 0 Å². The van der Waals surface area contributed by atoms with E-state index in [1.807, 2.05) is 12.1 Å². The topological polar surface area (TPSA) is 47.7 Å². The lowest BCUT2D eigenvalue weighted by atomic mass is 9.91. The third-order valence-electron chi connectivity index (χ3n) is 4.83. The van der Waals surface area contributed by atoms with Crippen molar-refractivity contribution < 1.29 is 9.47 Å². The number of nitrogens with zero attached hydrogens (tertiary/aromatic N) is 1. The van der Waals surface area contributed by atoms with E-state index >= 15 is 0 Å².